The van der Waals surface area contributed by atoms with Gasteiger partial charge in [-0.15, -0.1) is 0 Å². The van der Waals surface area contributed by atoms with Crippen molar-refractivity contribution in [3.05, 3.63) is 29.8 Å². The summed E-state index contributed by atoms with van der Waals surface area (Å²) in [5, 5.41) is 3.03. The van der Waals surface area contributed by atoms with Crippen LogP contribution in [0.5, 0.6) is 0 Å². The Morgan fingerprint density at radius 2 is 2.04 bits per heavy atom. The van der Waals surface area contributed by atoms with Crippen LogP contribution in [0.4, 0.5) is 10.5 Å². The van der Waals surface area contributed by atoms with Crippen molar-refractivity contribution in [3.63, 3.8) is 0 Å². The summed E-state index contributed by atoms with van der Waals surface area (Å²) in [6.45, 7) is 8.18. The average molecular weight is 320 g/mol. The number of carbonyl (C=O) groups excluding carboxylic acids is 1. The van der Waals surface area contributed by atoms with Gasteiger partial charge in [-0.1, -0.05) is 18.2 Å². The third kappa shape index (κ3) is 5.52. The quantitative estimate of drug-likeness (QED) is 0.836. The van der Waals surface area contributed by atoms with Gasteiger partial charge in [0.05, 0.1) is 13.2 Å². The maximum absolute atomic E-state index is 12.5. The maximum Gasteiger partial charge on any atom is 0.321 e. The molecule has 0 radical (unpaired) electrons. The molecule has 0 bridgehead atoms. The second kappa shape index (κ2) is 9.53. The van der Waals surface area contributed by atoms with Crippen LogP contribution in [-0.2, 0) is 16.1 Å². The van der Waals surface area contributed by atoms with Gasteiger partial charge in [-0.05, 0) is 32.8 Å². The molecule has 2 amide bonds. The van der Waals surface area contributed by atoms with Gasteiger partial charge in [-0.2, -0.15) is 0 Å². The van der Waals surface area contributed by atoms with Gasteiger partial charge in [0.25, 0.3) is 0 Å². The molecule has 0 spiro atoms. The molecule has 1 fully saturated rings. The number of amides is 2. The molecule has 1 aromatic carbocycles. The number of urea groups is 1. The van der Waals surface area contributed by atoms with Crippen molar-refractivity contribution in [1.29, 1.82) is 0 Å². The average Bonchev–Trinajstić information content (AvgIpc) is 2.59. The number of nitrogens with zero attached hydrogens (tertiary/aromatic N) is 1. The standard InChI is InChI=1S/C18H28N2O3/c1-3-22-13-15-8-7-11-20(12-15)18(21)19-17-10-6-5-9-16(17)14-23-4-2/h5-6,9-10,15H,3-4,7-8,11-14H2,1-2H3,(H,19,21)/t15-/m1/s1. The molecule has 5 nitrogen and oxygen atoms in total. The van der Waals surface area contributed by atoms with E-state index in [1.807, 2.05) is 43.0 Å². The Hall–Kier alpha value is -1.59. The lowest BCUT2D eigenvalue weighted by Crippen LogP contribution is -2.43. The molecule has 0 aromatic heterocycles. The summed E-state index contributed by atoms with van der Waals surface area (Å²) in [7, 11) is 0. The van der Waals surface area contributed by atoms with Crippen LogP contribution in [0.1, 0.15) is 32.3 Å². The van der Waals surface area contributed by atoms with Gasteiger partial charge >= 0.3 is 6.03 Å². The van der Waals surface area contributed by atoms with Gasteiger partial charge in [0.15, 0.2) is 0 Å². The van der Waals surface area contributed by atoms with Crippen molar-refractivity contribution in [2.24, 2.45) is 5.92 Å². The van der Waals surface area contributed by atoms with Gasteiger partial charge in [0.1, 0.15) is 0 Å². The number of likely N-dealkylation sites (tertiary alicyclic amines) is 1. The molecule has 1 aromatic rings. The number of para-hydroxylation sites is 1. The van der Waals surface area contributed by atoms with Crippen molar-refractivity contribution in [3.8, 4) is 0 Å². The summed E-state index contributed by atoms with van der Waals surface area (Å²) < 4.78 is 11.0. The lowest BCUT2D eigenvalue weighted by molar-refractivity contribution is 0.0777. The normalized spacial score (nSPS) is 18.0. The fourth-order valence-corrected chi connectivity index (χ4v) is 2.84. The number of benzene rings is 1. The summed E-state index contributed by atoms with van der Waals surface area (Å²) in [4.78, 5) is 14.4. The Bertz CT molecular complexity index is 493. The molecular weight excluding hydrogens is 292 g/mol. The van der Waals surface area contributed by atoms with E-state index in [0.717, 1.165) is 50.4 Å². The predicted octanol–water partition coefficient (Wildman–Crippen LogP) is 3.50. The number of anilines is 1. The van der Waals surface area contributed by atoms with E-state index in [1.165, 1.54) is 0 Å². The Labute approximate surface area is 139 Å². The molecule has 0 aliphatic carbocycles. The second-order valence-corrected chi connectivity index (χ2v) is 5.84. The van der Waals surface area contributed by atoms with Crippen LogP contribution in [0, 0.1) is 5.92 Å². The first kappa shape index (κ1) is 17.8. The SMILES string of the molecule is CCOCc1ccccc1NC(=O)N1CCC[C@@H](COCC)C1. The van der Waals surface area contributed by atoms with Gasteiger partial charge in [-0.25, -0.2) is 4.79 Å². The van der Waals surface area contributed by atoms with E-state index in [0.29, 0.717) is 19.1 Å². The molecular formula is C18H28N2O3. The third-order valence-electron chi connectivity index (χ3n) is 4.08. The van der Waals surface area contributed by atoms with Crippen molar-refractivity contribution in [1.82, 2.24) is 4.90 Å². The number of hydrogen-bond donors (Lipinski definition) is 1. The fourth-order valence-electron chi connectivity index (χ4n) is 2.84. The number of piperidine rings is 1. The lowest BCUT2D eigenvalue weighted by Gasteiger charge is -2.32. The highest BCUT2D eigenvalue weighted by Gasteiger charge is 2.24. The molecule has 1 atom stereocenters. The van der Waals surface area contributed by atoms with Crippen molar-refractivity contribution in [2.45, 2.75) is 33.3 Å². The van der Waals surface area contributed by atoms with Crippen molar-refractivity contribution >= 4 is 11.7 Å². The third-order valence-corrected chi connectivity index (χ3v) is 4.08. The summed E-state index contributed by atoms with van der Waals surface area (Å²) in [6, 6.07) is 7.77. The minimum atomic E-state index is -0.0323. The Balaban J connectivity index is 1.93. The zero-order valence-electron chi connectivity index (χ0n) is 14.2. The molecule has 128 valence electrons. The van der Waals surface area contributed by atoms with Crippen LogP contribution >= 0.6 is 0 Å². The zero-order valence-corrected chi connectivity index (χ0v) is 14.2. The van der Waals surface area contributed by atoms with Gasteiger partial charge in [-0.3, -0.25) is 0 Å². The van der Waals surface area contributed by atoms with E-state index in [-0.39, 0.29) is 6.03 Å². The summed E-state index contributed by atoms with van der Waals surface area (Å²) in [6.07, 6.45) is 2.16. The van der Waals surface area contributed by atoms with Crippen LogP contribution < -0.4 is 5.32 Å². The van der Waals surface area contributed by atoms with Crippen molar-refractivity contribution < 1.29 is 14.3 Å². The predicted molar refractivity (Wildman–Crippen MR) is 91.6 cm³/mol. The van der Waals surface area contributed by atoms with Crippen LogP contribution in [-0.4, -0.2) is 43.8 Å². The number of hydrogen-bond acceptors (Lipinski definition) is 3. The van der Waals surface area contributed by atoms with Gasteiger partial charge in [0, 0.05) is 43.5 Å². The van der Waals surface area contributed by atoms with E-state index in [9.17, 15) is 4.79 Å². The molecule has 1 N–H and O–H groups in total. The highest BCUT2D eigenvalue weighted by molar-refractivity contribution is 5.90. The van der Waals surface area contributed by atoms with Crippen LogP contribution in [0.2, 0.25) is 0 Å². The van der Waals surface area contributed by atoms with E-state index in [2.05, 4.69) is 5.32 Å². The fraction of sp³-hybridized carbons (Fsp3) is 0.611. The van der Waals surface area contributed by atoms with Gasteiger partial charge in [0.2, 0.25) is 0 Å². The summed E-state index contributed by atoms with van der Waals surface area (Å²) >= 11 is 0. The summed E-state index contributed by atoms with van der Waals surface area (Å²) in [5.41, 5.74) is 1.84. The number of carbonyl (C=O) groups is 1. The van der Waals surface area contributed by atoms with E-state index in [1.54, 1.807) is 0 Å². The maximum atomic E-state index is 12.5. The van der Waals surface area contributed by atoms with E-state index in [4.69, 9.17) is 9.47 Å². The minimum Gasteiger partial charge on any atom is -0.381 e. The number of rotatable bonds is 7. The number of nitrogens with one attached hydrogen (secondary N) is 1. The molecule has 1 aliphatic rings. The van der Waals surface area contributed by atoms with Gasteiger partial charge < -0.3 is 19.7 Å². The Morgan fingerprint density at radius 1 is 1.26 bits per heavy atom. The molecule has 23 heavy (non-hydrogen) atoms. The minimum absolute atomic E-state index is 0.0323. The highest BCUT2D eigenvalue weighted by atomic mass is 16.5. The Morgan fingerprint density at radius 3 is 2.83 bits per heavy atom. The second-order valence-electron chi connectivity index (χ2n) is 5.84. The summed E-state index contributed by atoms with van der Waals surface area (Å²) in [5.74, 6) is 0.438. The highest BCUT2D eigenvalue weighted by Crippen LogP contribution is 2.20. The first-order valence-electron chi connectivity index (χ1n) is 8.53. The molecule has 5 heteroatoms. The smallest absolute Gasteiger partial charge is 0.321 e. The van der Waals surface area contributed by atoms with Crippen LogP contribution in [0.25, 0.3) is 0 Å². The topological polar surface area (TPSA) is 50.8 Å². The zero-order chi connectivity index (χ0) is 16.5. The first-order chi connectivity index (χ1) is 11.2. The first-order valence-corrected chi connectivity index (χ1v) is 8.53. The largest absolute Gasteiger partial charge is 0.381 e. The monoisotopic (exact) mass is 320 g/mol. The molecule has 1 heterocycles. The van der Waals surface area contributed by atoms with E-state index >= 15 is 0 Å². The molecule has 1 saturated heterocycles. The molecule has 0 unspecified atom stereocenters. The van der Waals surface area contributed by atoms with E-state index < -0.39 is 0 Å². The van der Waals surface area contributed by atoms with Crippen LogP contribution in [0.15, 0.2) is 24.3 Å². The lowest BCUT2D eigenvalue weighted by atomic mass is 9.99. The van der Waals surface area contributed by atoms with Crippen LogP contribution in [0.3, 0.4) is 0 Å². The molecule has 0 saturated carbocycles. The Kier molecular flexibility index (Phi) is 7.36. The number of ether oxygens (including phenoxy) is 2. The van der Waals surface area contributed by atoms with Crippen molar-refractivity contribution in [2.75, 3.05) is 38.2 Å². The molecule has 1 aliphatic heterocycles. The molecule has 2 rings (SSSR count).